The number of aliphatic hydroxyl groups excluding tert-OH is 1. The quantitative estimate of drug-likeness (QED) is 0.691. The molecule has 8 nitrogen and oxygen atoms in total. The molecular formula is C24H27NO7. The third-order valence-corrected chi connectivity index (χ3v) is 7.09. The van der Waals surface area contributed by atoms with Crippen LogP contribution in [0.5, 0.6) is 0 Å². The van der Waals surface area contributed by atoms with E-state index in [2.05, 4.69) is 0 Å². The molecule has 5 rings (SSSR count). The molecule has 0 aromatic heterocycles. The van der Waals surface area contributed by atoms with Gasteiger partial charge in [-0.15, -0.1) is 0 Å². The number of aliphatic hydroxyl groups is 1. The number of ketones is 2. The molecule has 1 aromatic rings. The van der Waals surface area contributed by atoms with Crippen LogP contribution < -0.4 is 0 Å². The van der Waals surface area contributed by atoms with Gasteiger partial charge in [0, 0.05) is 22.7 Å². The largest absolute Gasteiger partial charge is 0.454 e. The number of nitrogens with zero attached hydrogens (tertiary/aromatic N) is 1. The highest BCUT2D eigenvalue weighted by atomic mass is 16.6. The van der Waals surface area contributed by atoms with Crippen LogP contribution in [0.25, 0.3) is 0 Å². The minimum absolute atomic E-state index is 0.0785. The summed E-state index contributed by atoms with van der Waals surface area (Å²) in [6.45, 7) is 3.56. The Labute approximate surface area is 186 Å². The fourth-order valence-electron chi connectivity index (χ4n) is 5.40. The summed E-state index contributed by atoms with van der Waals surface area (Å²) in [7, 11) is 3.83. The molecule has 3 heterocycles. The van der Waals surface area contributed by atoms with Gasteiger partial charge in [0.15, 0.2) is 17.7 Å². The molecule has 0 saturated carbocycles. The molecule has 1 aliphatic carbocycles. The molecule has 4 aliphatic rings. The van der Waals surface area contributed by atoms with Gasteiger partial charge in [0.1, 0.15) is 6.10 Å². The Bertz CT molecular complexity index is 1040. The second kappa shape index (κ2) is 7.59. The minimum Gasteiger partial charge on any atom is -0.454 e. The van der Waals surface area contributed by atoms with Crippen LogP contribution in [0, 0.1) is 0 Å². The van der Waals surface area contributed by atoms with E-state index in [1.807, 2.05) is 25.9 Å². The smallest absolute Gasteiger partial charge is 0.309 e. The summed E-state index contributed by atoms with van der Waals surface area (Å²) in [5, 5.41) is 10.5. The van der Waals surface area contributed by atoms with Gasteiger partial charge in [-0.2, -0.15) is 0 Å². The lowest BCUT2D eigenvalue weighted by molar-refractivity contribution is -0.142. The van der Waals surface area contributed by atoms with E-state index < -0.39 is 30.4 Å². The zero-order valence-corrected chi connectivity index (χ0v) is 18.5. The van der Waals surface area contributed by atoms with Gasteiger partial charge < -0.3 is 24.2 Å². The van der Waals surface area contributed by atoms with E-state index >= 15 is 0 Å². The molecule has 0 spiro atoms. The molecule has 3 aliphatic heterocycles. The van der Waals surface area contributed by atoms with E-state index in [1.165, 1.54) is 0 Å². The summed E-state index contributed by atoms with van der Waals surface area (Å²) in [6.07, 6.45) is -2.63. The second-order valence-electron chi connectivity index (χ2n) is 9.31. The summed E-state index contributed by atoms with van der Waals surface area (Å²) in [5.41, 5.74) is 1.93. The zero-order chi connectivity index (χ0) is 22.9. The third-order valence-electron chi connectivity index (χ3n) is 7.09. The fourth-order valence-corrected chi connectivity index (χ4v) is 5.40. The normalized spacial score (nSPS) is 36.7. The Morgan fingerprint density at radius 1 is 1.00 bits per heavy atom. The van der Waals surface area contributed by atoms with Crippen molar-refractivity contribution in [3.05, 3.63) is 46.0 Å². The van der Waals surface area contributed by atoms with Crippen molar-refractivity contribution in [1.82, 2.24) is 4.90 Å². The van der Waals surface area contributed by atoms with Crippen molar-refractivity contribution < 1.29 is 33.7 Å². The Balaban J connectivity index is 1.52. The van der Waals surface area contributed by atoms with E-state index in [9.17, 15) is 19.5 Å². The van der Waals surface area contributed by atoms with Crippen LogP contribution in [-0.4, -0.2) is 78.2 Å². The first-order valence-electron chi connectivity index (χ1n) is 11.0. The van der Waals surface area contributed by atoms with Crippen LogP contribution in [-0.2, 0) is 19.0 Å². The second-order valence-corrected chi connectivity index (χ2v) is 9.31. The number of ether oxygens (including phenoxy) is 3. The first-order chi connectivity index (χ1) is 15.2. The minimum atomic E-state index is -0.831. The average molecular weight is 441 g/mol. The Morgan fingerprint density at radius 3 is 2.44 bits per heavy atom. The third kappa shape index (κ3) is 3.16. The number of hydrogen-bond acceptors (Lipinski definition) is 8. The molecule has 0 bridgehead atoms. The van der Waals surface area contributed by atoms with E-state index in [4.69, 9.17) is 14.2 Å². The van der Waals surface area contributed by atoms with Crippen molar-refractivity contribution in [3.63, 3.8) is 0 Å². The molecule has 2 fully saturated rings. The lowest BCUT2D eigenvalue weighted by Gasteiger charge is -2.41. The molecule has 32 heavy (non-hydrogen) atoms. The molecule has 170 valence electrons. The van der Waals surface area contributed by atoms with E-state index in [-0.39, 0.29) is 47.4 Å². The SMILES string of the molecule is C[C@H]1O[C@@H]2CC(=O)O[C@@H]2C2=C1C(=O)c1cc([C@H]3C[C@@H](N(C)C)[C@H](O)[C@@H](C)O3)ccc1C2=O. The van der Waals surface area contributed by atoms with E-state index in [1.54, 1.807) is 25.1 Å². The number of Topliss-reactive ketones (excluding diaryl/α,β-unsaturated/α-hetero) is 2. The molecule has 0 amide bonds. The highest BCUT2D eigenvalue weighted by Gasteiger charge is 2.51. The van der Waals surface area contributed by atoms with Gasteiger partial charge in [0.25, 0.3) is 0 Å². The lowest BCUT2D eigenvalue weighted by atomic mass is 9.76. The molecule has 0 radical (unpaired) electrons. The molecule has 8 heteroatoms. The van der Waals surface area contributed by atoms with Crippen LogP contribution in [0.1, 0.15) is 59.1 Å². The Kier molecular flexibility index (Phi) is 5.09. The highest BCUT2D eigenvalue weighted by Crippen LogP contribution is 2.42. The molecule has 1 N–H and O–H groups in total. The van der Waals surface area contributed by atoms with Gasteiger partial charge in [-0.25, -0.2) is 0 Å². The molecule has 1 aromatic carbocycles. The number of esters is 1. The topological polar surface area (TPSA) is 102 Å². The van der Waals surface area contributed by atoms with Gasteiger partial charge >= 0.3 is 5.97 Å². The zero-order valence-electron chi connectivity index (χ0n) is 18.5. The Morgan fingerprint density at radius 2 is 1.72 bits per heavy atom. The molecule has 7 atom stereocenters. The maximum atomic E-state index is 13.5. The molecular weight excluding hydrogens is 414 g/mol. The number of likely N-dealkylation sites (N-methyl/N-ethyl adjacent to an activating group) is 1. The summed E-state index contributed by atoms with van der Waals surface area (Å²) in [5.74, 6) is -0.998. The van der Waals surface area contributed by atoms with Crippen LogP contribution >= 0.6 is 0 Å². The van der Waals surface area contributed by atoms with Crippen LogP contribution in [0.4, 0.5) is 0 Å². The van der Waals surface area contributed by atoms with E-state index in [0.29, 0.717) is 17.5 Å². The number of carbonyl (C=O) groups excluding carboxylic acids is 3. The number of rotatable bonds is 2. The van der Waals surface area contributed by atoms with Gasteiger partial charge in [-0.1, -0.05) is 6.07 Å². The number of benzene rings is 1. The maximum Gasteiger partial charge on any atom is 0.309 e. The Hall–Kier alpha value is -2.39. The van der Waals surface area contributed by atoms with Gasteiger partial charge in [-0.05, 0) is 52.1 Å². The standard InChI is InChI=1S/C24H27NO7/c1-10-19-20(24-17(30-10)9-18(26)32-24)22(28)13-6-5-12(7-14(13)23(19)29)16-8-15(25(3)4)21(27)11(2)31-16/h5-7,10-11,15-17,21,24,27H,8-9H2,1-4H3/t10-,11-,15-,16-,17-,21-,24+/m1/s1. The summed E-state index contributed by atoms with van der Waals surface area (Å²) in [4.78, 5) is 40.7. The molecule has 2 saturated heterocycles. The van der Waals surface area contributed by atoms with Crippen molar-refractivity contribution in [3.8, 4) is 0 Å². The lowest BCUT2D eigenvalue weighted by Crippen LogP contribution is -2.50. The van der Waals surface area contributed by atoms with Gasteiger partial charge in [0.05, 0.1) is 36.4 Å². The van der Waals surface area contributed by atoms with Crippen molar-refractivity contribution in [2.24, 2.45) is 0 Å². The number of carbonyl (C=O) groups is 3. The van der Waals surface area contributed by atoms with Gasteiger partial charge in [0.2, 0.25) is 0 Å². The number of hydrogen-bond donors (Lipinski definition) is 1. The van der Waals surface area contributed by atoms with Crippen molar-refractivity contribution in [2.75, 3.05) is 14.1 Å². The molecule has 0 unspecified atom stereocenters. The summed E-state index contributed by atoms with van der Waals surface area (Å²) in [6, 6.07) is 5.09. The first kappa shape index (κ1) is 21.5. The fraction of sp³-hybridized carbons (Fsp3) is 0.542. The summed E-state index contributed by atoms with van der Waals surface area (Å²) >= 11 is 0. The summed E-state index contributed by atoms with van der Waals surface area (Å²) < 4.78 is 17.3. The number of fused-ring (bicyclic) bond motifs is 3. The predicted molar refractivity (Wildman–Crippen MR) is 112 cm³/mol. The van der Waals surface area contributed by atoms with E-state index in [0.717, 1.165) is 5.56 Å². The van der Waals surface area contributed by atoms with Crippen molar-refractivity contribution in [2.45, 2.75) is 69.4 Å². The first-order valence-corrected chi connectivity index (χ1v) is 11.0. The highest BCUT2D eigenvalue weighted by molar-refractivity contribution is 6.28. The van der Waals surface area contributed by atoms with Crippen molar-refractivity contribution >= 4 is 17.5 Å². The van der Waals surface area contributed by atoms with Crippen LogP contribution in [0.15, 0.2) is 29.3 Å². The maximum absolute atomic E-state index is 13.5. The van der Waals surface area contributed by atoms with Crippen LogP contribution in [0.3, 0.4) is 0 Å². The average Bonchev–Trinajstić information content (AvgIpc) is 3.12. The van der Waals surface area contributed by atoms with Crippen molar-refractivity contribution in [1.29, 1.82) is 0 Å². The van der Waals surface area contributed by atoms with Gasteiger partial charge in [-0.3, -0.25) is 14.4 Å². The monoisotopic (exact) mass is 441 g/mol. The van der Waals surface area contributed by atoms with Crippen LogP contribution in [0.2, 0.25) is 0 Å². The predicted octanol–water partition coefficient (Wildman–Crippen LogP) is 1.61.